The van der Waals surface area contributed by atoms with E-state index in [2.05, 4.69) is 56.5 Å². The molecule has 3 unspecified atom stereocenters. The summed E-state index contributed by atoms with van der Waals surface area (Å²) in [5.41, 5.74) is 0. The minimum atomic E-state index is -0.790. The van der Waals surface area contributed by atoms with Gasteiger partial charge in [-0.2, -0.15) is 0 Å². The summed E-state index contributed by atoms with van der Waals surface area (Å²) < 4.78 is 5.91. The quantitative estimate of drug-likeness (QED) is 0.0323. The number of amides is 1. The molecule has 0 spiro atoms. The molecule has 6 nitrogen and oxygen atoms in total. The van der Waals surface area contributed by atoms with Crippen LogP contribution < -0.4 is 5.32 Å². The van der Waals surface area contributed by atoms with E-state index >= 15 is 0 Å². The normalized spacial score (nSPS) is 13.6. The van der Waals surface area contributed by atoms with Crippen molar-refractivity contribution < 1.29 is 24.5 Å². The van der Waals surface area contributed by atoms with Gasteiger partial charge in [-0.3, -0.25) is 9.59 Å². The molecule has 344 valence electrons. The summed E-state index contributed by atoms with van der Waals surface area (Å²) >= 11 is 0. The fourth-order valence-corrected chi connectivity index (χ4v) is 7.68. The molecule has 3 atom stereocenters. The summed E-state index contributed by atoms with van der Waals surface area (Å²) in [5, 5.41) is 23.8. The molecular formula is C53H97NO5. The Labute approximate surface area is 366 Å². The second-order valence-electron chi connectivity index (χ2n) is 17.3. The fourth-order valence-electron chi connectivity index (χ4n) is 7.68. The van der Waals surface area contributed by atoms with Crippen molar-refractivity contribution >= 4 is 11.9 Å². The van der Waals surface area contributed by atoms with Gasteiger partial charge in [0, 0.05) is 6.42 Å². The van der Waals surface area contributed by atoms with Gasteiger partial charge in [-0.15, -0.1) is 0 Å². The van der Waals surface area contributed by atoms with Crippen molar-refractivity contribution in [3.05, 3.63) is 48.6 Å². The molecule has 0 aromatic carbocycles. The molecular weight excluding hydrogens is 731 g/mol. The van der Waals surface area contributed by atoms with Crippen LogP contribution in [0.4, 0.5) is 0 Å². The van der Waals surface area contributed by atoms with Gasteiger partial charge in [0.15, 0.2) is 0 Å². The van der Waals surface area contributed by atoms with Crippen LogP contribution in [0.3, 0.4) is 0 Å². The average molecular weight is 828 g/mol. The minimum Gasteiger partial charge on any atom is -0.462 e. The maximum atomic E-state index is 13.2. The van der Waals surface area contributed by atoms with Crippen molar-refractivity contribution in [2.45, 2.75) is 270 Å². The zero-order valence-electron chi connectivity index (χ0n) is 39.1. The second kappa shape index (κ2) is 46.9. The van der Waals surface area contributed by atoms with Gasteiger partial charge < -0.3 is 20.3 Å². The monoisotopic (exact) mass is 828 g/mol. The average Bonchev–Trinajstić information content (AvgIpc) is 3.23. The zero-order valence-corrected chi connectivity index (χ0v) is 39.1. The number of rotatable bonds is 45. The van der Waals surface area contributed by atoms with Gasteiger partial charge in [-0.1, -0.05) is 243 Å². The molecule has 0 saturated carbocycles. The molecule has 0 saturated heterocycles. The third-order valence-corrected chi connectivity index (χ3v) is 11.5. The standard InChI is InChI=1S/C53H97NO5/c1-4-7-10-13-16-19-22-24-26-28-30-33-36-39-42-45-51(56)50(48-55)54-52(57)47-49(44-41-38-35-32-21-18-15-12-9-6-3)59-53(58)46-43-40-37-34-31-29-27-25-23-20-17-14-11-8-5-2/h8,11,14,17,20,23,25,27,49-51,55-56H,4-7,9-10,12-13,15-16,18-19,21-22,24,26,28-48H2,1-3H3,(H,54,57)/b11-8+,17-14+,23-20+,27-25-. The first-order chi connectivity index (χ1) is 29.0. The highest BCUT2D eigenvalue weighted by molar-refractivity contribution is 5.77. The molecule has 0 heterocycles. The third kappa shape index (κ3) is 42.3. The number of carbonyl (C=O) groups excluding carboxylic acids is 2. The summed E-state index contributed by atoms with van der Waals surface area (Å²) in [6.07, 6.45) is 56.0. The lowest BCUT2D eigenvalue weighted by Crippen LogP contribution is -2.46. The van der Waals surface area contributed by atoms with Crippen molar-refractivity contribution in [3.63, 3.8) is 0 Å². The van der Waals surface area contributed by atoms with Crippen LogP contribution in [-0.4, -0.2) is 46.9 Å². The number of aliphatic hydroxyl groups excluding tert-OH is 2. The first-order valence-corrected chi connectivity index (χ1v) is 25.4. The number of carbonyl (C=O) groups is 2. The predicted octanol–water partition coefficient (Wildman–Crippen LogP) is 15.1. The zero-order chi connectivity index (χ0) is 43.1. The summed E-state index contributed by atoms with van der Waals surface area (Å²) in [5.74, 6) is -0.495. The molecule has 6 heteroatoms. The summed E-state index contributed by atoms with van der Waals surface area (Å²) in [7, 11) is 0. The molecule has 1 amide bonds. The van der Waals surface area contributed by atoms with Gasteiger partial charge in [0.05, 0.1) is 25.2 Å². The molecule has 0 rings (SSSR count). The molecule has 3 N–H and O–H groups in total. The van der Waals surface area contributed by atoms with Crippen LogP contribution in [0.2, 0.25) is 0 Å². The Morgan fingerprint density at radius 2 is 0.915 bits per heavy atom. The van der Waals surface area contributed by atoms with Gasteiger partial charge >= 0.3 is 5.97 Å². The van der Waals surface area contributed by atoms with Crippen LogP contribution in [-0.2, 0) is 14.3 Å². The summed E-state index contributed by atoms with van der Waals surface area (Å²) in [4.78, 5) is 26.1. The van der Waals surface area contributed by atoms with Crippen LogP contribution in [0.15, 0.2) is 48.6 Å². The summed E-state index contributed by atoms with van der Waals surface area (Å²) in [6.45, 7) is 6.34. The highest BCUT2D eigenvalue weighted by Crippen LogP contribution is 2.18. The van der Waals surface area contributed by atoms with E-state index in [1.807, 2.05) is 18.2 Å². The SMILES string of the molecule is CC/C=C/C=C/C=C/C=C\CCCCCCCC(=O)OC(CCCCCCCCCCCC)CC(=O)NC(CO)C(O)CCCCCCCCCCCCCCCCC. The number of allylic oxidation sites excluding steroid dienone is 8. The van der Waals surface area contributed by atoms with E-state index in [-0.39, 0.29) is 24.9 Å². The molecule has 59 heavy (non-hydrogen) atoms. The maximum Gasteiger partial charge on any atom is 0.306 e. The van der Waals surface area contributed by atoms with E-state index in [1.165, 1.54) is 128 Å². The minimum absolute atomic E-state index is 0.0697. The molecule has 0 aliphatic rings. The van der Waals surface area contributed by atoms with Gasteiger partial charge in [0.2, 0.25) is 5.91 Å². The van der Waals surface area contributed by atoms with E-state index < -0.39 is 18.2 Å². The number of hydrogen-bond donors (Lipinski definition) is 3. The maximum absolute atomic E-state index is 13.2. The van der Waals surface area contributed by atoms with Crippen molar-refractivity contribution in [1.82, 2.24) is 5.32 Å². The number of aliphatic hydroxyl groups is 2. The van der Waals surface area contributed by atoms with Crippen LogP contribution in [0, 0.1) is 0 Å². The molecule has 0 radical (unpaired) electrons. The van der Waals surface area contributed by atoms with E-state index in [1.54, 1.807) is 0 Å². The Morgan fingerprint density at radius 3 is 1.39 bits per heavy atom. The van der Waals surface area contributed by atoms with E-state index in [0.29, 0.717) is 19.3 Å². The first kappa shape index (κ1) is 56.8. The molecule has 0 aromatic rings. The first-order valence-electron chi connectivity index (χ1n) is 25.4. The predicted molar refractivity (Wildman–Crippen MR) is 255 cm³/mol. The fraction of sp³-hybridized carbons (Fsp3) is 0.811. The number of ether oxygens (including phenoxy) is 1. The molecule has 0 aliphatic carbocycles. The molecule has 0 bridgehead atoms. The van der Waals surface area contributed by atoms with Gasteiger partial charge in [0.1, 0.15) is 6.10 Å². The lowest BCUT2D eigenvalue weighted by atomic mass is 10.0. The van der Waals surface area contributed by atoms with Gasteiger partial charge in [0.25, 0.3) is 0 Å². The smallest absolute Gasteiger partial charge is 0.306 e. The largest absolute Gasteiger partial charge is 0.462 e. The van der Waals surface area contributed by atoms with Gasteiger partial charge in [-0.05, 0) is 44.9 Å². The number of hydrogen-bond acceptors (Lipinski definition) is 5. The topological polar surface area (TPSA) is 95.9 Å². The number of nitrogens with one attached hydrogen (secondary N) is 1. The molecule has 0 aromatic heterocycles. The van der Waals surface area contributed by atoms with Crippen molar-refractivity contribution in [2.75, 3.05) is 6.61 Å². The van der Waals surface area contributed by atoms with Crippen LogP contribution in [0.25, 0.3) is 0 Å². The Balaban J connectivity index is 4.52. The molecule has 0 fully saturated rings. The summed E-state index contributed by atoms with van der Waals surface area (Å²) in [6, 6.07) is -0.704. The Morgan fingerprint density at radius 1 is 0.508 bits per heavy atom. The van der Waals surface area contributed by atoms with Crippen LogP contribution >= 0.6 is 0 Å². The van der Waals surface area contributed by atoms with E-state index in [9.17, 15) is 19.8 Å². The van der Waals surface area contributed by atoms with Crippen molar-refractivity contribution in [3.8, 4) is 0 Å². The van der Waals surface area contributed by atoms with Gasteiger partial charge in [-0.25, -0.2) is 0 Å². The number of esters is 1. The highest BCUT2D eigenvalue weighted by Gasteiger charge is 2.24. The third-order valence-electron chi connectivity index (χ3n) is 11.5. The van der Waals surface area contributed by atoms with Crippen molar-refractivity contribution in [1.29, 1.82) is 0 Å². The van der Waals surface area contributed by atoms with E-state index in [0.717, 1.165) is 77.0 Å². The highest BCUT2D eigenvalue weighted by atomic mass is 16.5. The lowest BCUT2D eigenvalue weighted by molar-refractivity contribution is -0.151. The van der Waals surface area contributed by atoms with E-state index in [4.69, 9.17) is 4.74 Å². The van der Waals surface area contributed by atoms with Crippen molar-refractivity contribution in [2.24, 2.45) is 0 Å². The molecule has 0 aliphatic heterocycles. The Bertz CT molecular complexity index is 1020. The number of unbranched alkanes of at least 4 members (excludes halogenated alkanes) is 28. The Kier molecular flexibility index (Phi) is 45.1. The van der Waals surface area contributed by atoms with Crippen LogP contribution in [0.5, 0.6) is 0 Å². The lowest BCUT2D eigenvalue weighted by Gasteiger charge is -2.24. The van der Waals surface area contributed by atoms with Crippen LogP contribution in [0.1, 0.15) is 252 Å². The second-order valence-corrected chi connectivity index (χ2v) is 17.3. The Hall–Kier alpha value is -2.18.